The van der Waals surface area contributed by atoms with Crippen molar-refractivity contribution < 1.29 is 4.74 Å². The molecule has 0 N–H and O–H groups in total. The summed E-state index contributed by atoms with van der Waals surface area (Å²) in [5.41, 5.74) is 7.20. The summed E-state index contributed by atoms with van der Waals surface area (Å²) in [5, 5.41) is 7.18. The molecular formula is C24H22N2O. The third-order valence-electron chi connectivity index (χ3n) is 5.50. The first-order valence-electron chi connectivity index (χ1n) is 9.45. The lowest BCUT2D eigenvalue weighted by Gasteiger charge is -2.38. The number of hydrogen-bond donors (Lipinski definition) is 0. The number of hydrogen-bond acceptors (Lipinski definition) is 3. The quantitative estimate of drug-likeness (QED) is 0.603. The molecule has 2 aliphatic rings. The molecule has 2 aliphatic heterocycles. The van der Waals surface area contributed by atoms with E-state index in [9.17, 15) is 0 Å². The van der Waals surface area contributed by atoms with Gasteiger partial charge < -0.3 is 4.74 Å². The molecule has 0 amide bonds. The molecule has 0 aromatic heterocycles. The van der Waals surface area contributed by atoms with Gasteiger partial charge in [0.2, 0.25) is 6.23 Å². The molecule has 134 valence electrons. The van der Waals surface area contributed by atoms with Crippen molar-refractivity contribution in [2.75, 3.05) is 0 Å². The second-order valence-corrected chi connectivity index (χ2v) is 7.38. The number of nitrogens with zero attached hydrogens (tertiary/aromatic N) is 2. The maximum absolute atomic E-state index is 6.46. The lowest BCUT2D eigenvalue weighted by Crippen LogP contribution is -2.34. The lowest BCUT2D eigenvalue weighted by atomic mass is 9.95. The second kappa shape index (κ2) is 6.27. The third kappa shape index (κ3) is 2.71. The van der Waals surface area contributed by atoms with Crippen molar-refractivity contribution in [2.45, 2.75) is 32.5 Å². The minimum atomic E-state index is -0.202. The Bertz CT molecular complexity index is 1030. The van der Waals surface area contributed by atoms with Gasteiger partial charge in [0.05, 0.1) is 11.8 Å². The smallest absolute Gasteiger partial charge is 0.214 e. The average molecular weight is 354 g/mol. The molecule has 0 saturated heterocycles. The Morgan fingerprint density at radius 3 is 2.48 bits per heavy atom. The zero-order valence-electron chi connectivity index (χ0n) is 15.6. The van der Waals surface area contributed by atoms with Gasteiger partial charge in [-0.3, -0.25) is 0 Å². The lowest BCUT2D eigenvalue weighted by molar-refractivity contribution is -0.0194. The SMILES string of the molecule is Cc1ccc([C@H]2Oc3ccccc3[C@@H]3CC(c4ccccc4)=NN23)c(C)c1. The highest BCUT2D eigenvalue weighted by molar-refractivity contribution is 6.01. The predicted octanol–water partition coefficient (Wildman–Crippen LogP) is 5.55. The molecule has 2 heterocycles. The Morgan fingerprint density at radius 2 is 1.67 bits per heavy atom. The first-order valence-corrected chi connectivity index (χ1v) is 9.45. The van der Waals surface area contributed by atoms with Gasteiger partial charge in [-0.2, -0.15) is 5.10 Å². The molecule has 2 atom stereocenters. The van der Waals surface area contributed by atoms with E-state index in [4.69, 9.17) is 9.84 Å². The molecule has 3 aromatic rings. The number of benzene rings is 3. The van der Waals surface area contributed by atoms with E-state index in [2.05, 4.69) is 79.5 Å². The Balaban J connectivity index is 1.62. The van der Waals surface area contributed by atoms with Crippen LogP contribution in [-0.4, -0.2) is 10.7 Å². The fourth-order valence-electron chi connectivity index (χ4n) is 4.15. The minimum Gasteiger partial charge on any atom is -0.464 e. The van der Waals surface area contributed by atoms with Crippen LogP contribution in [0, 0.1) is 13.8 Å². The van der Waals surface area contributed by atoms with Crippen LogP contribution in [0.15, 0.2) is 77.9 Å². The van der Waals surface area contributed by atoms with Crippen molar-refractivity contribution in [2.24, 2.45) is 5.10 Å². The summed E-state index contributed by atoms with van der Waals surface area (Å²) >= 11 is 0. The molecule has 0 spiro atoms. The maximum atomic E-state index is 6.46. The van der Waals surface area contributed by atoms with Crippen molar-refractivity contribution in [1.82, 2.24) is 5.01 Å². The minimum absolute atomic E-state index is 0.202. The van der Waals surface area contributed by atoms with Gasteiger partial charge in [-0.25, -0.2) is 5.01 Å². The van der Waals surface area contributed by atoms with Crippen molar-refractivity contribution >= 4 is 5.71 Å². The fraction of sp³-hybridized carbons (Fsp3) is 0.208. The van der Waals surface area contributed by atoms with E-state index in [-0.39, 0.29) is 12.3 Å². The summed E-state index contributed by atoms with van der Waals surface area (Å²) in [7, 11) is 0. The Kier molecular flexibility index (Phi) is 3.75. The highest BCUT2D eigenvalue weighted by atomic mass is 16.5. The molecular weight excluding hydrogens is 332 g/mol. The van der Waals surface area contributed by atoms with E-state index in [0.717, 1.165) is 17.9 Å². The molecule has 0 fully saturated rings. The summed E-state index contributed by atoms with van der Waals surface area (Å²) in [4.78, 5) is 0. The van der Waals surface area contributed by atoms with E-state index < -0.39 is 0 Å². The maximum Gasteiger partial charge on any atom is 0.214 e. The van der Waals surface area contributed by atoms with Gasteiger partial charge in [0.25, 0.3) is 0 Å². The Morgan fingerprint density at radius 1 is 0.889 bits per heavy atom. The molecule has 0 unspecified atom stereocenters. The highest BCUT2D eigenvalue weighted by Gasteiger charge is 2.41. The first kappa shape index (κ1) is 16.1. The number of para-hydroxylation sites is 1. The van der Waals surface area contributed by atoms with Gasteiger partial charge >= 0.3 is 0 Å². The van der Waals surface area contributed by atoms with E-state index >= 15 is 0 Å². The standard InChI is InChI=1S/C24H22N2O/c1-16-12-13-19(17(2)14-16)24-26-22(20-10-6-7-11-23(20)27-24)15-21(25-26)18-8-4-3-5-9-18/h3-14,22,24H,15H2,1-2H3/t22-,24+/m0/s1. The van der Waals surface area contributed by atoms with Crippen LogP contribution in [0.3, 0.4) is 0 Å². The van der Waals surface area contributed by atoms with Crippen molar-refractivity contribution in [1.29, 1.82) is 0 Å². The summed E-state index contributed by atoms with van der Waals surface area (Å²) in [5.74, 6) is 0.966. The molecule has 5 rings (SSSR count). The summed E-state index contributed by atoms with van der Waals surface area (Å²) in [6.07, 6.45) is 0.693. The zero-order valence-corrected chi connectivity index (χ0v) is 15.6. The molecule has 3 heteroatoms. The monoisotopic (exact) mass is 354 g/mol. The van der Waals surface area contributed by atoms with Crippen LogP contribution in [0.1, 0.15) is 46.5 Å². The molecule has 0 radical (unpaired) electrons. The number of hydrazone groups is 1. The number of aryl methyl sites for hydroxylation is 2. The van der Waals surface area contributed by atoms with E-state index in [1.165, 1.54) is 27.8 Å². The van der Waals surface area contributed by atoms with Gasteiger partial charge in [0.1, 0.15) is 5.75 Å². The van der Waals surface area contributed by atoms with Crippen molar-refractivity contribution in [3.8, 4) is 5.75 Å². The predicted molar refractivity (Wildman–Crippen MR) is 108 cm³/mol. The molecule has 3 nitrogen and oxygen atoms in total. The highest BCUT2D eigenvalue weighted by Crippen LogP contribution is 2.47. The Labute approximate surface area is 159 Å². The molecule has 27 heavy (non-hydrogen) atoms. The normalized spacial score (nSPS) is 20.5. The zero-order chi connectivity index (χ0) is 18.4. The third-order valence-corrected chi connectivity index (χ3v) is 5.50. The molecule has 0 saturated carbocycles. The van der Waals surface area contributed by atoms with Gasteiger partial charge in [0, 0.05) is 17.5 Å². The number of rotatable bonds is 2. The number of fused-ring (bicyclic) bond motifs is 3. The van der Waals surface area contributed by atoms with Crippen LogP contribution in [0.2, 0.25) is 0 Å². The van der Waals surface area contributed by atoms with Crippen LogP contribution >= 0.6 is 0 Å². The van der Waals surface area contributed by atoms with Crippen LogP contribution < -0.4 is 4.74 Å². The van der Waals surface area contributed by atoms with E-state index in [1.807, 2.05) is 12.1 Å². The molecule has 0 aliphatic carbocycles. The van der Waals surface area contributed by atoms with Crippen LogP contribution in [0.5, 0.6) is 5.75 Å². The first-order chi connectivity index (χ1) is 13.2. The summed E-state index contributed by atoms with van der Waals surface area (Å²) < 4.78 is 6.46. The fourth-order valence-corrected chi connectivity index (χ4v) is 4.15. The largest absolute Gasteiger partial charge is 0.464 e. The van der Waals surface area contributed by atoms with Gasteiger partial charge in [0.15, 0.2) is 0 Å². The summed E-state index contributed by atoms with van der Waals surface area (Å²) in [6, 6.07) is 25.6. The average Bonchev–Trinajstić information content (AvgIpc) is 3.14. The van der Waals surface area contributed by atoms with Crippen LogP contribution in [0.4, 0.5) is 0 Å². The molecule has 0 bridgehead atoms. The van der Waals surface area contributed by atoms with Gasteiger partial charge in [-0.15, -0.1) is 0 Å². The van der Waals surface area contributed by atoms with Crippen molar-refractivity contribution in [3.63, 3.8) is 0 Å². The van der Waals surface area contributed by atoms with Gasteiger partial charge in [-0.1, -0.05) is 72.3 Å². The van der Waals surface area contributed by atoms with Crippen molar-refractivity contribution in [3.05, 3.63) is 101 Å². The Hall–Kier alpha value is -3.07. The van der Waals surface area contributed by atoms with Crippen LogP contribution in [0.25, 0.3) is 0 Å². The summed E-state index contributed by atoms with van der Waals surface area (Å²) in [6.45, 7) is 4.28. The topological polar surface area (TPSA) is 24.8 Å². The van der Waals surface area contributed by atoms with Gasteiger partial charge in [-0.05, 0) is 31.0 Å². The molecule has 3 aromatic carbocycles. The number of ether oxygens (including phenoxy) is 1. The second-order valence-electron chi connectivity index (χ2n) is 7.38. The van der Waals surface area contributed by atoms with E-state index in [0.29, 0.717) is 0 Å². The van der Waals surface area contributed by atoms with E-state index in [1.54, 1.807) is 0 Å². The van der Waals surface area contributed by atoms with Crippen LogP contribution in [-0.2, 0) is 0 Å².